The van der Waals surface area contributed by atoms with Crippen LogP contribution in [0, 0.1) is 5.92 Å². The molecular weight excluding hydrogens is 586 g/mol. The predicted octanol–water partition coefficient (Wildman–Crippen LogP) is -0.840. The number of nitrogens with two attached hydrogens (primary N) is 1. The Hall–Kier alpha value is -4.53. The van der Waals surface area contributed by atoms with Crippen molar-refractivity contribution < 1.29 is 38.7 Å². The van der Waals surface area contributed by atoms with Gasteiger partial charge in [0.1, 0.15) is 36.8 Å². The molecule has 1 aromatic carbocycles. The number of hydrogen-bond acceptors (Lipinski definition) is 8. The van der Waals surface area contributed by atoms with Crippen LogP contribution in [0.2, 0.25) is 0 Å². The predicted molar refractivity (Wildman–Crippen MR) is 165 cm³/mol. The van der Waals surface area contributed by atoms with E-state index in [4.69, 9.17) is 10.8 Å². The molecule has 0 aromatic heterocycles. The molecule has 0 saturated heterocycles. The van der Waals surface area contributed by atoms with Crippen molar-refractivity contribution in [3.63, 3.8) is 0 Å². The minimum Gasteiger partial charge on any atom is -0.480 e. The molecule has 0 aliphatic rings. The van der Waals surface area contributed by atoms with Gasteiger partial charge in [-0.3, -0.25) is 33.6 Å². The third kappa shape index (κ3) is 14.7. The molecule has 0 heterocycles. The van der Waals surface area contributed by atoms with Crippen molar-refractivity contribution in [2.45, 2.75) is 90.5 Å². The Labute approximate surface area is 263 Å². The van der Waals surface area contributed by atoms with E-state index in [1.54, 1.807) is 30.3 Å². The fraction of sp³-hybridized carbons (Fsp3) is 0.567. The number of carbonyl (C=O) groups excluding carboxylic acids is 6. The number of carboxylic acid groups (broad SMARTS) is 1. The van der Waals surface area contributed by atoms with Crippen molar-refractivity contribution >= 4 is 41.4 Å². The van der Waals surface area contributed by atoms with Gasteiger partial charge >= 0.3 is 5.97 Å². The summed E-state index contributed by atoms with van der Waals surface area (Å²) in [6.45, 7) is 7.73. The van der Waals surface area contributed by atoms with Crippen molar-refractivity contribution in [1.29, 1.82) is 0 Å². The maximum absolute atomic E-state index is 13.0. The summed E-state index contributed by atoms with van der Waals surface area (Å²) >= 11 is 0. The van der Waals surface area contributed by atoms with Crippen molar-refractivity contribution in [3.05, 3.63) is 35.9 Å². The number of hydrogen-bond donors (Lipinski definition) is 8. The van der Waals surface area contributed by atoms with Gasteiger partial charge in [-0.1, -0.05) is 32.0 Å². The fourth-order valence-electron chi connectivity index (χ4n) is 4.07. The number of rotatable bonds is 19. The molecular formula is C30H47N7O8. The molecule has 250 valence electrons. The molecule has 1 aromatic rings. The van der Waals surface area contributed by atoms with Crippen LogP contribution in [0.15, 0.2) is 30.3 Å². The lowest BCUT2D eigenvalue weighted by Crippen LogP contribution is -2.58. The lowest BCUT2D eigenvalue weighted by molar-refractivity contribution is -0.138. The molecule has 5 atom stereocenters. The van der Waals surface area contributed by atoms with Gasteiger partial charge in [0.15, 0.2) is 0 Å². The van der Waals surface area contributed by atoms with Crippen molar-refractivity contribution in [2.75, 3.05) is 13.1 Å². The van der Waals surface area contributed by atoms with Crippen LogP contribution in [0.3, 0.4) is 0 Å². The van der Waals surface area contributed by atoms with E-state index in [2.05, 4.69) is 31.9 Å². The van der Waals surface area contributed by atoms with Crippen LogP contribution in [-0.2, 0) is 28.8 Å². The second-order valence-electron chi connectivity index (χ2n) is 11.2. The molecule has 15 nitrogen and oxygen atoms in total. The van der Waals surface area contributed by atoms with Crippen LogP contribution in [0.4, 0.5) is 0 Å². The van der Waals surface area contributed by atoms with E-state index in [-0.39, 0.29) is 12.3 Å². The first-order valence-electron chi connectivity index (χ1n) is 14.9. The quantitative estimate of drug-likeness (QED) is 0.0885. The van der Waals surface area contributed by atoms with Gasteiger partial charge in [0.05, 0.1) is 0 Å². The lowest BCUT2D eigenvalue weighted by atomic mass is 10.0. The molecule has 0 unspecified atom stereocenters. The first-order chi connectivity index (χ1) is 21.2. The number of benzene rings is 1. The molecule has 0 fully saturated rings. The van der Waals surface area contributed by atoms with Gasteiger partial charge in [0.2, 0.25) is 29.5 Å². The Morgan fingerprint density at radius 3 is 1.71 bits per heavy atom. The maximum atomic E-state index is 13.0. The van der Waals surface area contributed by atoms with Crippen LogP contribution in [0.1, 0.15) is 70.7 Å². The third-order valence-corrected chi connectivity index (χ3v) is 6.61. The summed E-state index contributed by atoms with van der Waals surface area (Å²) in [5.74, 6) is -4.94. The van der Waals surface area contributed by atoms with E-state index in [9.17, 15) is 33.6 Å². The number of unbranched alkanes of at least 4 members (excludes halogenated alkanes) is 1. The Morgan fingerprint density at radius 1 is 0.667 bits per heavy atom. The van der Waals surface area contributed by atoms with Crippen molar-refractivity contribution in [3.8, 4) is 0 Å². The molecule has 0 spiro atoms. The van der Waals surface area contributed by atoms with Gasteiger partial charge in [-0.2, -0.15) is 0 Å². The largest absolute Gasteiger partial charge is 0.480 e. The molecule has 45 heavy (non-hydrogen) atoms. The normalized spacial score (nSPS) is 14.1. The van der Waals surface area contributed by atoms with Crippen molar-refractivity contribution in [1.82, 2.24) is 31.9 Å². The Kier molecular flexibility index (Phi) is 16.8. The maximum Gasteiger partial charge on any atom is 0.322 e. The summed E-state index contributed by atoms with van der Waals surface area (Å²) < 4.78 is 0. The average molecular weight is 634 g/mol. The molecule has 9 N–H and O–H groups in total. The second kappa shape index (κ2) is 19.7. The zero-order chi connectivity index (χ0) is 34.1. The Balaban J connectivity index is 2.81. The number of nitrogens with one attached hydrogen (secondary N) is 6. The Bertz CT molecular complexity index is 1180. The molecule has 6 amide bonds. The molecule has 0 radical (unpaired) electrons. The van der Waals surface area contributed by atoms with Crippen LogP contribution >= 0.6 is 0 Å². The molecule has 0 aliphatic carbocycles. The highest BCUT2D eigenvalue weighted by Gasteiger charge is 2.29. The van der Waals surface area contributed by atoms with Gasteiger partial charge in [-0.25, -0.2) is 0 Å². The minimum atomic E-state index is -1.25. The van der Waals surface area contributed by atoms with Gasteiger partial charge in [-0.05, 0) is 71.0 Å². The Morgan fingerprint density at radius 2 is 1.18 bits per heavy atom. The molecule has 1 rings (SSSR count). The smallest absolute Gasteiger partial charge is 0.322 e. The standard InChI is InChI=1S/C30H47N7O8/c1-17(2)15-23(37-28(43)21-11-7-6-8-12-21)30(45)35-19(4)26(41)33-20(5)27(42)36-22(13-9-10-14-31)29(44)34-18(3)25(40)32-16-24(38)39/h6-8,11-12,17-20,22-23H,9-10,13-16,31H2,1-5H3,(H,32,40)(H,33,41)(H,34,44)(H,35,45)(H,36,42)(H,37,43)(H,38,39)/t18-,19-,20-,22-,23-/m0/s1. The molecule has 0 saturated carbocycles. The summed E-state index contributed by atoms with van der Waals surface area (Å²) in [6.07, 6.45) is 1.57. The first-order valence-corrected chi connectivity index (χ1v) is 14.9. The SMILES string of the molecule is CC(C)C[C@H](NC(=O)c1ccccc1)C(=O)N[C@@H](C)C(=O)N[C@@H](C)C(=O)N[C@@H](CCCCN)C(=O)N[C@@H](C)C(=O)NCC(=O)O. The van der Waals surface area contributed by atoms with Crippen LogP contribution in [0.25, 0.3) is 0 Å². The van der Waals surface area contributed by atoms with Gasteiger partial charge in [-0.15, -0.1) is 0 Å². The van der Waals surface area contributed by atoms with E-state index >= 15 is 0 Å². The molecule has 0 aliphatic heterocycles. The summed E-state index contributed by atoms with van der Waals surface area (Å²) in [7, 11) is 0. The van der Waals surface area contributed by atoms with Crippen LogP contribution < -0.4 is 37.6 Å². The first kappa shape index (κ1) is 38.5. The summed E-state index contributed by atoms with van der Waals surface area (Å²) in [6, 6.07) is 3.18. The zero-order valence-corrected chi connectivity index (χ0v) is 26.5. The van der Waals surface area contributed by atoms with Crippen LogP contribution in [-0.4, -0.2) is 89.8 Å². The molecule has 0 bridgehead atoms. The highest BCUT2D eigenvalue weighted by molar-refractivity contribution is 5.99. The summed E-state index contributed by atoms with van der Waals surface area (Å²) in [5, 5.41) is 23.7. The van der Waals surface area contributed by atoms with E-state index in [0.717, 1.165) is 0 Å². The van der Waals surface area contributed by atoms with E-state index in [0.29, 0.717) is 31.4 Å². The highest BCUT2D eigenvalue weighted by Crippen LogP contribution is 2.08. The highest BCUT2D eigenvalue weighted by atomic mass is 16.4. The van der Waals surface area contributed by atoms with Crippen molar-refractivity contribution in [2.24, 2.45) is 11.7 Å². The zero-order valence-electron chi connectivity index (χ0n) is 26.5. The topological polar surface area (TPSA) is 238 Å². The number of carboxylic acids is 1. The fourth-order valence-corrected chi connectivity index (χ4v) is 4.07. The molecule has 15 heteroatoms. The summed E-state index contributed by atoms with van der Waals surface area (Å²) in [4.78, 5) is 87.2. The average Bonchev–Trinajstić information content (AvgIpc) is 2.98. The number of amides is 6. The summed E-state index contributed by atoms with van der Waals surface area (Å²) in [5.41, 5.74) is 5.93. The third-order valence-electron chi connectivity index (χ3n) is 6.61. The number of carbonyl (C=O) groups is 7. The lowest BCUT2D eigenvalue weighted by Gasteiger charge is -2.25. The van der Waals surface area contributed by atoms with Gasteiger partial charge in [0.25, 0.3) is 5.91 Å². The van der Waals surface area contributed by atoms with E-state index in [1.807, 2.05) is 13.8 Å². The van der Waals surface area contributed by atoms with E-state index in [1.165, 1.54) is 20.8 Å². The second-order valence-corrected chi connectivity index (χ2v) is 11.2. The number of aliphatic carboxylic acids is 1. The minimum absolute atomic E-state index is 0.0572. The van der Waals surface area contributed by atoms with Gasteiger partial charge < -0.3 is 42.7 Å². The van der Waals surface area contributed by atoms with E-state index < -0.39 is 78.2 Å². The van der Waals surface area contributed by atoms with Crippen LogP contribution in [0.5, 0.6) is 0 Å². The van der Waals surface area contributed by atoms with Gasteiger partial charge in [0, 0.05) is 5.56 Å². The monoisotopic (exact) mass is 633 g/mol.